The van der Waals surface area contributed by atoms with Crippen LogP contribution in [0.1, 0.15) is 25.0 Å². The minimum absolute atomic E-state index is 0.0825. The van der Waals surface area contributed by atoms with E-state index in [9.17, 15) is 13.2 Å². The van der Waals surface area contributed by atoms with E-state index >= 15 is 0 Å². The zero-order chi connectivity index (χ0) is 19.2. The van der Waals surface area contributed by atoms with Crippen molar-refractivity contribution in [2.24, 2.45) is 0 Å². The lowest BCUT2D eigenvalue weighted by Crippen LogP contribution is -2.44. The van der Waals surface area contributed by atoms with Crippen LogP contribution >= 0.6 is 0 Å². The van der Waals surface area contributed by atoms with E-state index in [-0.39, 0.29) is 10.8 Å². The Morgan fingerprint density at radius 1 is 1.08 bits per heavy atom. The van der Waals surface area contributed by atoms with Crippen LogP contribution in [0.5, 0.6) is 5.75 Å². The molecule has 0 radical (unpaired) electrons. The summed E-state index contributed by atoms with van der Waals surface area (Å²) in [6.45, 7) is 6.19. The molecule has 2 aromatic carbocycles. The minimum Gasteiger partial charge on any atom is -0.494 e. The van der Waals surface area contributed by atoms with Gasteiger partial charge < -0.3 is 10.1 Å². The summed E-state index contributed by atoms with van der Waals surface area (Å²) >= 11 is 0. The third-order valence-electron chi connectivity index (χ3n) is 3.76. The number of hydrogen-bond donors (Lipinski definition) is 2. The van der Waals surface area contributed by atoms with Crippen LogP contribution in [0.25, 0.3) is 0 Å². The van der Waals surface area contributed by atoms with Crippen molar-refractivity contribution in [3.63, 3.8) is 0 Å². The molecule has 140 valence electrons. The number of carbonyl (C=O) groups excluding carboxylic acids is 1. The van der Waals surface area contributed by atoms with Crippen molar-refractivity contribution in [3.05, 3.63) is 59.7 Å². The van der Waals surface area contributed by atoms with Crippen LogP contribution in [0.3, 0.4) is 0 Å². The number of hydrogen-bond acceptors (Lipinski definition) is 4. The van der Waals surface area contributed by atoms with Crippen LogP contribution in [0.4, 0.5) is 0 Å². The first-order chi connectivity index (χ1) is 12.3. The lowest BCUT2D eigenvalue weighted by Gasteiger charge is -2.15. The summed E-state index contributed by atoms with van der Waals surface area (Å²) in [5.74, 6) is 0.204. The second-order valence-electron chi connectivity index (χ2n) is 5.95. The number of ether oxygens (including phenoxy) is 1. The minimum atomic E-state index is -3.79. The zero-order valence-electron chi connectivity index (χ0n) is 15.2. The van der Waals surface area contributed by atoms with Crippen molar-refractivity contribution >= 4 is 15.9 Å². The van der Waals surface area contributed by atoms with E-state index in [4.69, 9.17) is 4.74 Å². The average Bonchev–Trinajstić information content (AvgIpc) is 2.61. The number of carbonyl (C=O) groups is 1. The summed E-state index contributed by atoms with van der Waals surface area (Å²) in [7, 11) is -3.79. The number of rotatable bonds is 8. The molecule has 2 N–H and O–H groups in total. The van der Waals surface area contributed by atoms with Gasteiger partial charge in [0.25, 0.3) is 0 Å². The third kappa shape index (κ3) is 5.57. The summed E-state index contributed by atoms with van der Waals surface area (Å²) in [5.41, 5.74) is 2.09. The lowest BCUT2D eigenvalue weighted by atomic mass is 10.1. The Morgan fingerprint density at radius 2 is 1.69 bits per heavy atom. The number of benzene rings is 2. The predicted octanol–water partition coefficient (Wildman–Crippen LogP) is 2.38. The smallest absolute Gasteiger partial charge is 0.241 e. The van der Waals surface area contributed by atoms with E-state index in [1.807, 2.05) is 38.1 Å². The van der Waals surface area contributed by atoms with Crippen molar-refractivity contribution in [2.75, 3.05) is 6.61 Å². The van der Waals surface area contributed by atoms with Gasteiger partial charge in [-0.3, -0.25) is 4.79 Å². The SMILES string of the molecule is CCOc1ccc(S(=O)(=O)N[C@H](C)C(=O)NCc2ccc(C)cc2)cc1. The summed E-state index contributed by atoms with van der Waals surface area (Å²) in [5, 5.41) is 2.73. The molecule has 0 bridgehead atoms. The zero-order valence-corrected chi connectivity index (χ0v) is 16.0. The van der Waals surface area contributed by atoms with Gasteiger partial charge in [-0.05, 0) is 50.6 Å². The summed E-state index contributed by atoms with van der Waals surface area (Å²) in [6.07, 6.45) is 0. The molecular formula is C19H24N2O4S. The van der Waals surface area contributed by atoms with E-state index in [0.29, 0.717) is 18.9 Å². The van der Waals surface area contributed by atoms with Crippen molar-refractivity contribution in [2.45, 2.75) is 38.3 Å². The molecule has 0 aliphatic carbocycles. The molecule has 7 heteroatoms. The Labute approximate surface area is 154 Å². The van der Waals surface area contributed by atoms with Gasteiger partial charge in [0.2, 0.25) is 15.9 Å². The molecule has 2 aromatic rings. The number of aryl methyl sites for hydroxylation is 1. The maximum atomic E-state index is 12.4. The Hall–Kier alpha value is -2.38. The molecule has 0 aromatic heterocycles. The maximum absolute atomic E-state index is 12.4. The molecule has 1 atom stereocenters. The van der Waals surface area contributed by atoms with E-state index in [1.54, 1.807) is 12.1 Å². The highest BCUT2D eigenvalue weighted by molar-refractivity contribution is 7.89. The second-order valence-corrected chi connectivity index (χ2v) is 7.66. The molecule has 0 aliphatic rings. The van der Waals surface area contributed by atoms with Crippen molar-refractivity contribution in [3.8, 4) is 5.75 Å². The van der Waals surface area contributed by atoms with E-state index in [1.165, 1.54) is 19.1 Å². The first-order valence-electron chi connectivity index (χ1n) is 8.40. The Morgan fingerprint density at radius 3 is 2.27 bits per heavy atom. The van der Waals surface area contributed by atoms with Crippen LogP contribution in [0.2, 0.25) is 0 Å². The number of amides is 1. The maximum Gasteiger partial charge on any atom is 0.241 e. The first kappa shape index (κ1) is 19.9. The second kappa shape index (κ2) is 8.82. The van der Waals surface area contributed by atoms with Crippen molar-refractivity contribution in [1.29, 1.82) is 0 Å². The van der Waals surface area contributed by atoms with E-state index < -0.39 is 16.1 Å². The van der Waals surface area contributed by atoms with Gasteiger partial charge in [0, 0.05) is 6.54 Å². The van der Waals surface area contributed by atoms with E-state index in [0.717, 1.165) is 11.1 Å². The third-order valence-corrected chi connectivity index (χ3v) is 5.31. The molecule has 0 spiro atoms. The highest BCUT2D eigenvalue weighted by Crippen LogP contribution is 2.16. The fourth-order valence-corrected chi connectivity index (χ4v) is 3.49. The van der Waals surface area contributed by atoms with Gasteiger partial charge >= 0.3 is 0 Å². The molecule has 6 nitrogen and oxygen atoms in total. The highest BCUT2D eigenvalue weighted by atomic mass is 32.2. The van der Waals surface area contributed by atoms with Crippen molar-refractivity contribution in [1.82, 2.24) is 10.0 Å². The molecule has 0 saturated carbocycles. The molecule has 2 rings (SSSR count). The molecule has 0 saturated heterocycles. The highest BCUT2D eigenvalue weighted by Gasteiger charge is 2.21. The fourth-order valence-electron chi connectivity index (χ4n) is 2.28. The van der Waals surface area contributed by atoms with Gasteiger partial charge in [-0.15, -0.1) is 0 Å². The van der Waals surface area contributed by atoms with Gasteiger partial charge in [0.15, 0.2) is 0 Å². The van der Waals surface area contributed by atoms with Crippen LogP contribution in [0.15, 0.2) is 53.4 Å². The largest absolute Gasteiger partial charge is 0.494 e. The summed E-state index contributed by atoms with van der Waals surface area (Å²) in [6, 6.07) is 12.9. The normalized spacial score (nSPS) is 12.4. The Balaban J connectivity index is 1.94. The predicted molar refractivity (Wildman–Crippen MR) is 100 cm³/mol. The van der Waals surface area contributed by atoms with Gasteiger partial charge in [0.1, 0.15) is 5.75 Å². The van der Waals surface area contributed by atoms with Gasteiger partial charge in [-0.2, -0.15) is 4.72 Å². The summed E-state index contributed by atoms with van der Waals surface area (Å²) < 4.78 is 32.5. The summed E-state index contributed by atoms with van der Waals surface area (Å²) in [4.78, 5) is 12.3. The number of nitrogens with one attached hydrogen (secondary N) is 2. The first-order valence-corrected chi connectivity index (χ1v) is 9.88. The molecule has 0 unspecified atom stereocenters. The van der Waals surface area contributed by atoms with Crippen LogP contribution in [0, 0.1) is 6.92 Å². The van der Waals surface area contributed by atoms with Gasteiger partial charge in [0.05, 0.1) is 17.5 Å². The molecule has 0 aliphatic heterocycles. The topological polar surface area (TPSA) is 84.5 Å². The van der Waals surface area contributed by atoms with E-state index in [2.05, 4.69) is 10.0 Å². The molecule has 0 heterocycles. The van der Waals surface area contributed by atoms with Crippen LogP contribution in [-0.4, -0.2) is 27.0 Å². The average molecular weight is 376 g/mol. The standard InChI is InChI=1S/C19H24N2O4S/c1-4-25-17-9-11-18(12-10-17)26(23,24)21-15(3)19(22)20-13-16-7-5-14(2)6-8-16/h5-12,15,21H,4,13H2,1-3H3,(H,20,22)/t15-/m1/s1. The molecule has 1 amide bonds. The van der Waals surface area contributed by atoms with Gasteiger partial charge in [-0.25, -0.2) is 8.42 Å². The van der Waals surface area contributed by atoms with Crippen LogP contribution < -0.4 is 14.8 Å². The van der Waals surface area contributed by atoms with Crippen molar-refractivity contribution < 1.29 is 17.9 Å². The monoisotopic (exact) mass is 376 g/mol. The molecular weight excluding hydrogens is 352 g/mol. The Kier molecular flexibility index (Phi) is 6.76. The molecule has 26 heavy (non-hydrogen) atoms. The fraction of sp³-hybridized carbons (Fsp3) is 0.316. The van der Waals surface area contributed by atoms with Gasteiger partial charge in [-0.1, -0.05) is 29.8 Å². The quantitative estimate of drug-likeness (QED) is 0.741. The Bertz CT molecular complexity index is 831. The van der Waals surface area contributed by atoms with Crippen LogP contribution in [-0.2, 0) is 21.4 Å². The lowest BCUT2D eigenvalue weighted by molar-refractivity contribution is -0.122. The molecule has 0 fully saturated rings. The number of sulfonamides is 1.